The lowest BCUT2D eigenvalue weighted by molar-refractivity contribution is -0.192. The van der Waals surface area contributed by atoms with E-state index < -0.39 is 12.1 Å². The lowest BCUT2D eigenvalue weighted by atomic mass is 10.1. The smallest absolute Gasteiger partial charge is 0.475 e. The minimum Gasteiger partial charge on any atom is -0.475 e. The van der Waals surface area contributed by atoms with E-state index in [-0.39, 0.29) is 5.91 Å². The number of hydrogen-bond donors (Lipinski definition) is 2. The second kappa shape index (κ2) is 12.7. The fourth-order valence-electron chi connectivity index (χ4n) is 3.57. The maximum Gasteiger partial charge on any atom is 0.490 e. The molecule has 0 saturated carbocycles. The third-order valence-electron chi connectivity index (χ3n) is 5.65. The van der Waals surface area contributed by atoms with Gasteiger partial charge in [0.25, 0.3) is 5.91 Å². The van der Waals surface area contributed by atoms with E-state index in [1.165, 1.54) is 0 Å². The lowest BCUT2D eigenvalue weighted by Crippen LogP contribution is -2.46. The molecule has 3 aromatic rings. The van der Waals surface area contributed by atoms with E-state index in [4.69, 9.17) is 26.6 Å². The summed E-state index contributed by atoms with van der Waals surface area (Å²) in [6.45, 7) is 5.67. The lowest BCUT2D eigenvalue weighted by Gasteiger charge is -2.32. The monoisotopic (exact) mass is 537 g/mol. The minimum absolute atomic E-state index is 0.115. The molecule has 0 atom stereocenters. The Kier molecular flexibility index (Phi) is 9.67. The molecule has 4 rings (SSSR count). The summed E-state index contributed by atoms with van der Waals surface area (Å²) >= 11 is 6.04. The van der Waals surface area contributed by atoms with Crippen molar-refractivity contribution in [2.24, 2.45) is 0 Å². The van der Waals surface area contributed by atoms with E-state index in [1.807, 2.05) is 54.6 Å². The molecule has 2 heterocycles. The van der Waals surface area contributed by atoms with E-state index in [0.717, 1.165) is 44.0 Å². The maximum absolute atomic E-state index is 13.0. The number of alkyl halides is 3. The number of amides is 1. The molecule has 8 nitrogen and oxygen atoms in total. The summed E-state index contributed by atoms with van der Waals surface area (Å²) in [5.74, 6) is -2.87. The van der Waals surface area contributed by atoms with Crippen molar-refractivity contribution >= 4 is 23.5 Å². The molecule has 1 saturated heterocycles. The number of benzene rings is 2. The summed E-state index contributed by atoms with van der Waals surface area (Å²) in [7, 11) is 2.14. The van der Waals surface area contributed by atoms with Gasteiger partial charge in [0.1, 0.15) is 5.69 Å². The molecule has 0 radical (unpaired) electrons. The fraction of sp³-hybridized carbons (Fsp3) is 0.320. The zero-order valence-electron chi connectivity index (χ0n) is 20.1. The summed E-state index contributed by atoms with van der Waals surface area (Å²) in [4.78, 5) is 26.6. The van der Waals surface area contributed by atoms with Crippen LogP contribution in [0.25, 0.3) is 16.9 Å². The highest BCUT2D eigenvalue weighted by atomic mass is 35.5. The number of hydrogen-bond acceptors (Lipinski definition) is 5. The van der Waals surface area contributed by atoms with Crippen molar-refractivity contribution in [3.8, 4) is 16.9 Å². The maximum atomic E-state index is 13.0. The molecule has 1 aliphatic heterocycles. The second-order valence-corrected chi connectivity index (χ2v) is 8.82. The third-order valence-corrected chi connectivity index (χ3v) is 5.90. The number of carboxylic acids is 1. The van der Waals surface area contributed by atoms with Gasteiger partial charge in [-0.3, -0.25) is 9.69 Å². The van der Waals surface area contributed by atoms with Crippen LogP contribution in [0.5, 0.6) is 0 Å². The van der Waals surface area contributed by atoms with Crippen molar-refractivity contribution in [3.05, 3.63) is 71.4 Å². The molecule has 0 spiro atoms. The zero-order valence-corrected chi connectivity index (χ0v) is 20.8. The van der Waals surface area contributed by atoms with Crippen molar-refractivity contribution in [3.63, 3.8) is 0 Å². The van der Waals surface area contributed by atoms with Gasteiger partial charge in [0.05, 0.1) is 11.3 Å². The van der Waals surface area contributed by atoms with Crippen LogP contribution in [0, 0.1) is 0 Å². The van der Waals surface area contributed by atoms with Crippen LogP contribution in [0.1, 0.15) is 10.4 Å². The summed E-state index contributed by atoms with van der Waals surface area (Å²) in [6, 6.07) is 17.2. The molecule has 198 valence electrons. The van der Waals surface area contributed by atoms with E-state index in [9.17, 15) is 18.0 Å². The molecule has 0 aliphatic carbocycles. The van der Waals surface area contributed by atoms with Crippen LogP contribution in [0.2, 0.25) is 5.02 Å². The van der Waals surface area contributed by atoms with Crippen LogP contribution in [-0.4, -0.2) is 89.1 Å². The molecule has 12 heteroatoms. The van der Waals surface area contributed by atoms with Gasteiger partial charge in [-0.05, 0) is 31.3 Å². The highest BCUT2D eigenvalue weighted by Crippen LogP contribution is 2.25. The molecule has 1 aromatic heterocycles. The van der Waals surface area contributed by atoms with Crippen LogP contribution in [0.3, 0.4) is 0 Å². The van der Waals surface area contributed by atoms with Gasteiger partial charge in [0.2, 0.25) is 0 Å². The Bertz CT molecular complexity index is 1180. The summed E-state index contributed by atoms with van der Waals surface area (Å²) < 4.78 is 33.5. The van der Waals surface area contributed by atoms with Crippen molar-refractivity contribution in [2.75, 3.05) is 46.3 Å². The van der Waals surface area contributed by atoms with E-state index >= 15 is 0 Å². The first-order valence-electron chi connectivity index (χ1n) is 11.4. The summed E-state index contributed by atoms with van der Waals surface area (Å²) in [5, 5.41) is 15.6. The number of carbonyl (C=O) groups is 2. The standard InChI is InChI=1S/C23H26ClN5O.C2HF3O2/c1-27-13-15-28(16-14-27)12-11-25-23(30)21-17-29(20-5-3-2-4-6-20)26-22(21)18-7-9-19(24)10-8-18;3-2(4,5)1(6)7/h2-10,17H,11-16H2,1H3,(H,25,30);(H,6,7). The first kappa shape index (κ1) is 28.2. The van der Waals surface area contributed by atoms with Gasteiger partial charge in [0, 0.05) is 56.1 Å². The van der Waals surface area contributed by atoms with Gasteiger partial charge >= 0.3 is 12.1 Å². The molecule has 2 N–H and O–H groups in total. The fourth-order valence-corrected chi connectivity index (χ4v) is 3.69. The van der Waals surface area contributed by atoms with Crippen LogP contribution >= 0.6 is 11.6 Å². The van der Waals surface area contributed by atoms with E-state index in [2.05, 4.69) is 22.2 Å². The predicted molar refractivity (Wildman–Crippen MR) is 134 cm³/mol. The average molecular weight is 538 g/mol. The van der Waals surface area contributed by atoms with Crippen molar-refractivity contribution in [1.29, 1.82) is 0 Å². The molecular weight excluding hydrogens is 511 g/mol. The van der Waals surface area contributed by atoms with Crippen LogP contribution < -0.4 is 5.32 Å². The Labute approximate surface area is 217 Å². The van der Waals surface area contributed by atoms with Gasteiger partial charge < -0.3 is 15.3 Å². The topological polar surface area (TPSA) is 90.7 Å². The third kappa shape index (κ3) is 8.31. The number of piperazine rings is 1. The Morgan fingerprint density at radius 3 is 2.19 bits per heavy atom. The summed E-state index contributed by atoms with van der Waals surface area (Å²) in [5.41, 5.74) is 2.97. The van der Waals surface area contributed by atoms with Gasteiger partial charge in [0.15, 0.2) is 0 Å². The normalized spacial score (nSPS) is 14.5. The average Bonchev–Trinajstić information content (AvgIpc) is 3.32. The summed E-state index contributed by atoms with van der Waals surface area (Å²) in [6.07, 6.45) is -3.29. The number of carboxylic acid groups (broad SMARTS) is 1. The first-order chi connectivity index (χ1) is 17.5. The largest absolute Gasteiger partial charge is 0.490 e. The predicted octanol–water partition coefficient (Wildman–Crippen LogP) is 3.80. The number of nitrogens with zero attached hydrogens (tertiary/aromatic N) is 4. The SMILES string of the molecule is CN1CCN(CCNC(=O)c2cn(-c3ccccc3)nc2-c2ccc(Cl)cc2)CC1.O=C(O)C(F)(F)F. The van der Waals surface area contributed by atoms with Crippen LogP contribution in [0.4, 0.5) is 13.2 Å². The highest BCUT2D eigenvalue weighted by molar-refractivity contribution is 6.30. The van der Waals surface area contributed by atoms with E-state index in [1.54, 1.807) is 10.9 Å². The van der Waals surface area contributed by atoms with Gasteiger partial charge in [-0.15, -0.1) is 0 Å². The van der Waals surface area contributed by atoms with Gasteiger partial charge in [-0.1, -0.05) is 41.9 Å². The highest BCUT2D eigenvalue weighted by Gasteiger charge is 2.38. The zero-order chi connectivity index (χ0) is 27.0. The van der Waals surface area contributed by atoms with Crippen LogP contribution in [-0.2, 0) is 4.79 Å². The number of aromatic nitrogens is 2. The Balaban J connectivity index is 0.000000479. The minimum atomic E-state index is -5.08. The molecule has 37 heavy (non-hydrogen) atoms. The number of likely N-dealkylation sites (N-methyl/N-ethyl adjacent to an activating group) is 1. The Morgan fingerprint density at radius 2 is 1.62 bits per heavy atom. The number of nitrogens with one attached hydrogen (secondary N) is 1. The molecular formula is C25H27ClF3N5O3. The van der Waals surface area contributed by atoms with Gasteiger partial charge in [-0.2, -0.15) is 18.3 Å². The van der Waals surface area contributed by atoms with E-state index in [0.29, 0.717) is 22.8 Å². The molecule has 1 aliphatic rings. The molecule has 2 aromatic carbocycles. The molecule has 0 unspecified atom stereocenters. The first-order valence-corrected chi connectivity index (χ1v) is 11.8. The van der Waals surface area contributed by atoms with Crippen molar-refractivity contribution < 1.29 is 27.9 Å². The van der Waals surface area contributed by atoms with Crippen molar-refractivity contribution in [1.82, 2.24) is 24.9 Å². The van der Waals surface area contributed by atoms with Crippen molar-refractivity contribution in [2.45, 2.75) is 6.18 Å². The quantitative estimate of drug-likeness (QED) is 0.497. The Hall–Kier alpha value is -3.41. The number of halogens is 4. The second-order valence-electron chi connectivity index (χ2n) is 8.38. The van der Waals surface area contributed by atoms with Gasteiger partial charge in [-0.25, -0.2) is 9.48 Å². The number of carbonyl (C=O) groups excluding carboxylic acids is 1. The van der Waals surface area contributed by atoms with Crippen LogP contribution in [0.15, 0.2) is 60.8 Å². The number of para-hydroxylation sites is 1. The Morgan fingerprint density at radius 1 is 1.03 bits per heavy atom. The number of rotatable bonds is 6. The molecule has 1 fully saturated rings. The molecule has 1 amide bonds. The number of aliphatic carboxylic acids is 1. The molecule has 0 bridgehead atoms.